The first-order valence-electron chi connectivity index (χ1n) is 6.99. The summed E-state index contributed by atoms with van der Waals surface area (Å²) in [7, 11) is 4.75. The maximum atomic E-state index is 12.0. The van der Waals surface area contributed by atoms with Crippen LogP contribution in [0.1, 0.15) is 38.3 Å². The Hall–Kier alpha value is -1.75. The molecule has 1 aliphatic heterocycles. The van der Waals surface area contributed by atoms with Gasteiger partial charge in [-0.05, 0) is 31.5 Å². The molecule has 0 spiro atoms. The quantitative estimate of drug-likeness (QED) is 0.924. The van der Waals surface area contributed by atoms with Crippen molar-refractivity contribution in [3.05, 3.63) is 17.7 Å². The first kappa shape index (κ1) is 15.6. The van der Waals surface area contributed by atoms with Crippen LogP contribution in [0.3, 0.4) is 0 Å². The molecule has 1 heterocycles. The molecule has 1 atom stereocenters. The predicted molar refractivity (Wildman–Crippen MR) is 80.3 cm³/mol. The molecule has 1 N–H and O–H groups in total. The molecule has 0 radical (unpaired) electrons. The monoisotopic (exact) mass is 293 g/mol. The van der Waals surface area contributed by atoms with Gasteiger partial charge in [-0.2, -0.15) is 0 Å². The maximum Gasteiger partial charge on any atom is 0.203 e. The third-order valence-electron chi connectivity index (χ3n) is 3.73. The molecular weight excluding hydrogens is 270 g/mol. The molecule has 0 saturated carbocycles. The van der Waals surface area contributed by atoms with Gasteiger partial charge < -0.3 is 19.5 Å². The Kier molecular flexibility index (Phi) is 4.42. The van der Waals surface area contributed by atoms with Gasteiger partial charge in [0.05, 0.1) is 21.3 Å². The van der Waals surface area contributed by atoms with Crippen LogP contribution in [0.4, 0.5) is 0 Å². The van der Waals surface area contributed by atoms with E-state index < -0.39 is 0 Å². The lowest BCUT2D eigenvalue weighted by atomic mass is 9.85. The Balaban J connectivity index is 2.41. The average molecular weight is 293 g/mol. The largest absolute Gasteiger partial charge is 0.493 e. The fraction of sp³-hybridized carbons (Fsp3) is 0.562. The van der Waals surface area contributed by atoms with E-state index in [1.165, 1.54) is 0 Å². The molecule has 0 bridgehead atoms. The molecular formula is C16H23NO4. The second-order valence-electron chi connectivity index (χ2n) is 5.96. The summed E-state index contributed by atoms with van der Waals surface area (Å²) in [6, 6.07) is 3.75. The third kappa shape index (κ3) is 3.29. The molecule has 21 heavy (non-hydrogen) atoms. The van der Waals surface area contributed by atoms with E-state index in [1.54, 1.807) is 21.3 Å². The highest BCUT2D eigenvalue weighted by Crippen LogP contribution is 2.41. The molecule has 5 nitrogen and oxygen atoms in total. The van der Waals surface area contributed by atoms with Gasteiger partial charge in [-0.25, -0.2) is 0 Å². The highest BCUT2D eigenvalue weighted by Gasteiger charge is 2.33. The van der Waals surface area contributed by atoms with Gasteiger partial charge in [0, 0.05) is 24.4 Å². The van der Waals surface area contributed by atoms with Crippen molar-refractivity contribution < 1.29 is 19.0 Å². The smallest absolute Gasteiger partial charge is 0.203 e. The van der Waals surface area contributed by atoms with E-state index in [2.05, 4.69) is 5.32 Å². The molecule has 1 fully saturated rings. The van der Waals surface area contributed by atoms with Crippen molar-refractivity contribution in [3.63, 3.8) is 0 Å². The Morgan fingerprint density at radius 1 is 1.10 bits per heavy atom. The number of carbonyl (C=O) groups is 1. The van der Waals surface area contributed by atoms with Crippen molar-refractivity contribution in [1.82, 2.24) is 5.32 Å². The van der Waals surface area contributed by atoms with E-state index in [0.717, 1.165) is 5.56 Å². The number of rotatable bonds is 4. The summed E-state index contributed by atoms with van der Waals surface area (Å²) in [5.41, 5.74) is 0.756. The van der Waals surface area contributed by atoms with E-state index in [1.807, 2.05) is 26.0 Å². The molecule has 2 rings (SSSR count). The lowest BCUT2D eigenvalue weighted by Gasteiger charge is -2.36. The number of nitrogens with one attached hydrogen (secondary N) is 1. The van der Waals surface area contributed by atoms with E-state index in [0.29, 0.717) is 30.1 Å². The van der Waals surface area contributed by atoms with Crippen LogP contribution in [0, 0.1) is 0 Å². The molecule has 1 aliphatic rings. The maximum absolute atomic E-state index is 12.0. The number of carbonyl (C=O) groups excluding carboxylic acids is 1. The summed E-state index contributed by atoms with van der Waals surface area (Å²) in [5, 5.41) is 3.51. The molecule has 1 aromatic carbocycles. The van der Waals surface area contributed by atoms with Crippen LogP contribution in [0.15, 0.2) is 12.1 Å². The Labute approximate surface area is 125 Å². The van der Waals surface area contributed by atoms with Gasteiger partial charge in [0.25, 0.3) is 0 Å². The van der Waals surface area contributed by atoms with Crippen LogP contribution in [0.5, 0.6) is 17.2 Å². The predicted octanol–water partition coefficient (Wildman–Crippen LogP) is 2.48. The molecule has 0 aromatic heterocycles. The van der Waals surface area contributed by atoms with Crippen molar-refractivity contribution in [3.8, 4) is 17.2 Å². The molecule has 1 aromatic rings. The summed E-state index contributed by atoms with van der Waals surface area (Å²) < 4.78 is 16.1. The van der Waals surface area contributed by atoms with Crippen molar-refractivity contribution in [2.75, 3.05) is 21.3 Å². The SMILES string of the molecule is COc1cc(C2CC(=O)CC(C)(C)N2)cc(OC)c1OC. The van der Waals surface area contributed by atoms with Gasteiger partial charge in [0.1, 0.15) is 5.78 Å². The van der Waals surface area contributed by atoms with Crippen LogP contribution in [0.25, 0.3) is 0 Å². The number of ether oxygens (including phenoxy) is 3. The molecule has 0 aliphatic carbocycles. The van der Waals surface area contributed by atoms with E-state index in [-0.39, 0.29) is 17.4 Å². The van der Waals surface area contributed by atoms with Crippen LogP contribution >= 0.6 is 0 Å². The van der Waals surface area contributed by atoms with Crippen LogP contribution in [-0.2, 0) is 4.79 Å². The van der Waals surface area contributed by atoms with Gasteiger partial charge in [-0.3, -0.25) is 4.79 Å². The summed E-state index contributed by atoms with van der Waals surface area (Å²) in [6.45, 7) is 4.07. The summed E-state index contributed by atoms with van der Waals surface area (Å²) in [6.07, 6.45) is 1.02. The minimum absolute atomic E-state index is 0.0463. The zero-order valence-corrected chi connectivity index (χ0v) is 13.3. The lowest BCUT2D eigenvalue weighted by molar-refractivity contribution is -0.122. The Bertz CT molecular complexity index is 514. The van der Waals surface area contributed by atoms with Gasteiger partial charge in [0.15, 0.2) is 11.5 Å². The number of hydrogen-bond acceptors (Lipinski definition) is 5. The van der Waals surface area contributed by atoms with E-state index in [4.69, 9.17) is 14.2 Å². The zero-order valence-electron chi connectivity index (χ0n) is 13.3. The second-order valence-corrected chi connectivity index (χ2v) is 5.96. The zero-order chi connectivity index (χ0) is 15.6. The highest BCUT2D eigenvalue weighted by molar-refractivity contribution is 5.81. The third-order valence-corrected chi connectivity index (χ3v) is 3.73. The van der Waals surface area contributed by atoms with E-state index in [9.17, 15) is 4.79 Å². The number of hydrogen-bond donors (Lipinski definition) is 1. The molecule has 1 unspecified atom stereocenters. The number of benzene rings is 1. The minimum atomic E-state index is -0.208. The standard InChI is InChI=1S/C16H23NO4/c1-16(2)9-11(18)8-12(17-16)10-6-13(19-3)15(21-5)14(7-10)20-4/h6-7,12,17H,8-9H2,1-5H3. The fourth-order valence-electron chi connectivity index (χ4n) is 2.87. The molecule has 116 valence electrons. The second kappa shape index (κ2) is 5.93. The van der Waals surface area contributed by atoms with Gasteiger partial charge >= 0.3 is 0 Å². The van der Waals surface area contributed by atoms with Gasteiger partial charge in [-0.1, -0.05) is 0 Å². The minimum Gasteiger partial charge on any atom is -0.493 e. The normalized spacial score (nSPS) is 21.0. The lowest BCUT2D eigenvalue weighted by Crippen LogP contribution is -2.48. The molecule has 5 heteroatoms. The molecule has 0 amide bonds. The Morgan fingerprint density at radius 2 is 1.67 bits per heavy atom. The first-order valence-corrected chi connectivity index (χ1v) is 6.99. The van der Waals surface area contributed by atoms with Crippen molar-refractivity contribution in [2.45, 2.75) is 38.3 Å². The average Bonchev–Trinajstić information content (AvgIpc) is 2.43. The fourth-order valence-corrected chi connectivity index (χ4v) is 2.87. The van der Waals surface area contributed by atoms with Crippen LogP contribution in [0.2, 0.25) is 0 Å². The first-order chi connectivity index (χ1) is 9.90. The van der Waals surface area contributed by atoms with Crippen molar-refractivity contribution in [1.29, 1.82) is 0 Å². The van der Waals surface area contributed by atoms with Crippen molar-refractivity contribution >= 4 is 5.78 Å². The summed E-state index contributed by atoms with van der Waals surface area (Å²) in [4.78, 5) is 12.0. The van der Waals surface area contributed by atoms with Gasteiger partial charge in [-0.15, -0.1) is 0 Å². The Morgan fingerprint density at radius 3 is 2.10 bits per heavy atom. The number of methoxy groups -OCH3 is 3. The van der Waals surface area contributed by atoms with Gasteiger partial charge in [0.2, 0.25) is 5.75 Å². The topological polar surface area (TPSA) is 56.8 Å². The molecule has 1 saturated heterocycles. The summed E-state index contributed by atoms with van der Waals surface area (Å²) >= 11 is 0. The van der Waals surface area contributed by atoms with Crippen LogP contribution in [-0.4, -0.2) is 32.7 Å². The summed E-state index contributed by atoms with van der Waals surface area (Å²) in [5.74, 6) is 2.02. The number of piperidine rings is 1. The number of Topliss-reactive ketones (excluding diaryl/α,β-unsaturated/α-hetero) is 1. The van der Waals surface area contributed by atoms with E-state index >= 15 is 0 Å². The van der Waals surface area contributed by atoms with Crippen LogP contribution < -0.4 is 19.5 Å². The highest BCUT2D eigenvalue weighted by atomic mass is 16.5. The number of ketones is 1. The van der Waals surface area contributed by atoms with Crippen molar-refractivity contribution in [2.24, 2.45) is 0 Å².